The molecule has 5 nitrogen and oxygen atoms in total. The van der Waals surface area contributed by atoms with Crippen molar-refractivity contribution in [3.8, 4) is 0 Å². The van der Waals surface area contributed by atoms with Gasteiger partial charge < -0.3 is 14.6 Å². The first-order chi connectivity index (χ1) is 38.6. The molecule has 0 radical (unpaired) electrons. The van der Waals surface area contributed by atoms with Crippen LogP contribution in [0.4, 0.5) is 0 Å². The van der Waals surface area contributed by atoms with E-state index in [1.165, 1.54) is 167 Å². The average Bonchev–Trinajstić information content (AvgIpc) is 3.44. The van der Waals surface area contributed by atoms with Crippen molar-refractivity contribution in [1.29, 1.82) is 0 Å². The van der Waals surface area contributed by atoms with Crippen LogP contribution in [0.1, 0.15) is 296 Å². The van der Waals surface area contributed by atoms with E-state index in [1.807, 2.05) is 0 Å². The molecule has 0 aliphatic rings. The van der Waals surface area contributed by atoms with Gasteiger partial charge in [0.15, 0.2) is 6.10 Å². The van der Waals surface area contributed by atoms with Crippen molar-refractivity contribution in [3.63, 3.8) is 0 Å². The Morgan fingerprint density at radius 3 is 0.833 bits per heavy atom. The Morgan fingerprint density at radius 1 is 0.308 bits per heavy atom. The molecule has 0 heterocycles. The predicted molar refractivity (Wildman–Crippen MR) is 343 cm³/mol. The number of unbranched alkanes of at least 4 members (excludes halogenated alkanes) is 29. The van der Waals surface area contributed by atoms with Gasteiger partial charge in [-0.2, -0.15) is 0 Å². The second-order valence-electron chi connectivity index (χ2n) is 21.5. The molecule has 0 saturated heterocycles. The van der Waals surface area contributed by atoms with Gasteiger partial charge in [0.2, 0.25) is 0 Å². The summed E-state index contributed by atoms with van der Waals surface area (Å²) in [7, 11) is 0. The zero-order chi connectivity index (χ0) is 56.2. The summed E-state index contributed by atoms with van der Waals surface area (Å²) in [6.45, 7) is 4.03. The van der Waals surface area contributed by atoms with Gasteiger partial charge in [0, 0.05) is 12.8 Å². The lowest BCUT2D eigenvalue weighted by Gasteiger charge is -2.15. The molecule has 1 unspecified atom stereocenters. The third-order valence-corrected chi connectivity index (χ3v) is 13.9. The van der Waals surface area contributed by atoms with Gasteiger partial charge in [-0.3, -0.25) is 9.59 Å². The zero-order valence-electron chi connectivity index (χ0n) is 50.9. The molecule has 0 fully saturated rings. The Morgan fingerprint density at radius 2 is 0.551 bits per heavy atom. The van der Waals surface area contributed by atoms with E-state index >= 15 is 0 Å². The normalized spacial score (nSPS) is 13.1. The Bertz CT molecular complexity index is 1600. The van der Waals surface area contributed by atoms with E-state index in [-0.39, 0.29) is 25.2 Å². The van der Waals surface area contributed by atoms with Gasteiger partial charge >= 0.3 is 11.9 Å². The maximum absolute atomic E-state index is 12.3. The van der Waals surface area contributed by atoms with Gasteiger partial charge in [-0.1, -0.05) is 302 Å². The highest BCUT2D eigenvalue weighted by Gasteiger charge is 2.16. The summed E-state index contributed by atoms with van der Waals surface area (Å²) in [5.74, 6) is -0.592. The molecule has 0 aromatic rings. The highest BCUT2D eigenvalue weighted by molar-refractivity contribution is 5.70. The number of hydrogen-bond acceptors (Lipinski definition) is 5. The van der Waals surface area contributed by atoms with E-state index in [4.69, 9.17) is 9.47 Å². The van der Waals surface area contributed by atoms with E-state index in [9.17, 15) is 14.7 Å². The molecule has 0 aromatic carbocycles. The van der Waals surface area contributed by atoms with Crippen molar-refractivity contribution >= 4 is 11.9 Å². The molecule has 0 saturated carbocycles. The molecular formula is C73H122O5. The van der Waals surface area contributed by atoms with Crippen LogP contribution in [0.15, 0.2) is 134 Å². The van der Waals surface area contributed by atoms with E-state index in [1.54, 1.807) is 0 Å². The number of ether oxygens (including phenoxy) is 2. The number of allylic oxidation sites excluding steroid dienone is 22. The van der Waals surface area contributed by atoms with E-state index < -0.39 is 6.10 Å². The predicted octanol–water partition coefficient (Wildman–Crippen LogP) is 22.8. The Kier molecular flexibility index (Phi) is 63.9. The molecule has 0 rings (SSSR count). The Balaban J connectivity index is 3.53. The molecule has 444 valence electrons. The molecular weight excluding hydrogens is 957 g/mol. The molecule has 78 heavy (non-hydrogen) atoms. The molecule has 0 aliphatic heterocycles. The van der Waals surface area contributed by atoms with Crippen LogP contribution >= 0.6 is 0 Å². The van der Waals surface area contributed by atoms with Crippen molar-refractivity contribution < 1.29 is 24.2 Å². The first-order valence-corrected chi connectivity index (χ1v) is 32.7. The molecule has 0 aromatic heterocycles. The number of aliphatic hydroxyl groups excluding tert-OH is 1. The third-order valence-electron chi connectivity index (χ3n) is 13.9. The summed E-state index contributed by atoms with van der Waals surface area (Å²) in [6.07, 6.45) is 100. The van der Waals surface area contributed by atoms with Gasteiger partial charge in [0.25, 0.3) is 0 Å². The fourth-order valence-corrected chi connectivity index (χ4v) is 9.05. The first kappa shape index (κ1) is 74.0. The summed E-state index contributed by atoms with van der Waals surface area (Å²) in [4.78, 5) is 24.6. The van der Waals surface area contributed by atoms with Gasteiger partial charge in [-0.15, -0.1) is 0 Å². The van der Waals surface area contributed by atoms with Crippen molar-refractivity contribution in [2.24, 2.45) is 0 Å². The van der Waals surface area contributed by atoms with E-state index in [0.29, 0.717) is 12.8 Å². The monoisotopic (exact) mass is 1080 g/mol. The van der Waals surface area contributed by atoms with Crippen LogP contribution in [0.2, 0.25) is 0 Å². The van der Waals surface area contributed by atoms with Gasteiger partial charge in [0.1, 0.15) is 6.61 Å². The lowest BCUT2D eigenvalue weighted by atomic mass is 10.0. The minimum Gasteiger partial charge on any atom is -0.462 e. The summed E-state index contributed by atoms with van der Waals surface area (Å²) >= 11 is 0. The molecule has 1 atom stereocenters. The average molecular weight is 1080 g/mol. The van der Waals surface area contributed by atoms with Crippen LogP contribution in [0, 0.1) is 0 Å². The molecule has 0 spiro atoms. The van der Waals surface area contributed by atoms with E-state index in [0.717, 1.165) is 103 Å². The third kappa shape index (κ3) is 64.6. The maximum Gasteiger partial charge on any atom is 0.306 e. The van der Waals surface area contributed by atoms with Crippen LogP contribution < -0.4 is 0 Å². The minimum absolute atomic E-state index is 0.0713. The number of rotatable bonds is 59. The molecule has 5 heteroatoms. The van der Waals surface area contributed by atoms with Gasteiger partial charge in [-0.25, -0.2) is 0 Å². The SMILES string of the molecule is CC/C=C\C/C=C\C/C=C\C/C=C\C/C=C\C/C=C\C/C=C\C/C=C\C/C=C\CCCCCCCCCCCCCCCC(=O)OC(CO)COC(=O)CCCCCCCCCCCCC/C=C\C/C=C\CCCCCCC. The Labute approximate surface area is 483 Å². The number of carbonyl (C=O) groups excluding carboxylic acids is 2. The van der Waals surface area contributed by atoms with Gasteiger partial charge in [-0.05, 0) is 116 Å². The molecule has 0 amide bonds. The summed E-state index contributed by atoms with van der Waals surface area (Å²) in [5.41, 5.74) is 0. The number of hydrogen-bond donors (Lipinski definition) is 1. The second kappa shape index (κ2) is 67.3. The number of esters is 2. The topological polar surface area (TPSA) is 72.8 Å². The van der Waals surface area contributed by atoms with Gasteiger partial charge in [0.05, 0.1) is 6.61 Å². The van der Waals surface area contributed by atoms with Crippen LogP contribution in [0.5, 0.6) is 0 Å². The highest BCUT2D eigenvalue weighted by Crippen LogP contribution is 2.16. The summed E-state index contributed by atoms with van der Waals surface area (Å²) < 4.78 is 10.7. The number of aliphatic hydroxyl groups is 1. The van der Waals surface area contributed by atoms with Crippen molar-refractivity contribution in [1.82, 2.24) is 0 Å². The molecule has 0 aliphatic carbocycles. The zero-order valence-corrected chi connectivity index (χ0v) is 50.9. The van der Waals surface area contributed by atoms with Crippen LogP contribution in [0.3, 0.4) is 0 Å². The standard InChI is InChI=1S/C73H122O5/c1-3-5-7-9-11-13-15-17-19-21-23-25-27-28-29-30-31-32-33-34-35-36-37-38-39-40-41-42-43-44-46-48-50-52-54-56-58-60-62-64-66-68-73(76)78-71(69-74)70-77-72(75)67-65-63-61-59-57-55-53-51-49-47-45-26-24-22-20-18-16-14-12-10-8-6-4-2/h5,7,11,13,16-19,22-25,28-29,31-32,34-35,37-38,40-41,71,74H,3-4,6,8-10,12,14-15,20-21,26-27,30,33,36,39,42-70H2,1-2H3/b7-5-,13-11-,18-16-,19-17-,24-22-,25-23-,29-28-,32-31-,35-34-,38-37-,41-40-. The fraction of sp³-hybridized carbons (Fsp3) is 0.671. The minimum atomic E-state index is -0.782. The van der Waals surface area contributed by atoms with Crippen molar-refractivity contribution in [2.75, 3.05) is 13.2 Å². The second-order valence-corrected chi connectivity index (χ2v) is 21.5. The number of carbonyl (C=O) groups is 2. The molecule has 0 bridgehead atoms. The summed E-state index contributed by atoms with van der Waals surface area (Å²) in [6, 6.07) is 0. The maximum atomic E-state index is 12.3. The lowest BCUT2D eigenvalue weighted by molar-refractivity contribution is -0.161. The highest BCUT2D eigenvalue weighted by atomic mass is 16.6. The lowest BCUT2D eigenvalue weighted by Crippen LogP contribution is -2.28. The van der Waals surface area contributed by atoms with E-state index in [2.05, 4.69) is 148 Å². The van der Waals surface area contributed by atoms with Crippen molar-refractivity contribution in [3.05, 3.63) is 134 Å². The Hall–Kier alpha value is -3.96. The summed E-state index contributed by atoms with van der Waals surface area (Å²) in [5, 5.41) is 9.68. The van der Waals surface area contributed by atoms with Crippen LogP contribution in [-0.4, -0.2) is 36.4 Å². The van der Waals surface area contributed by atoms with Crippen molar-refractivity contribution in [2.45, 2.75) is 302 Å². The quantitative estimate of drug-likeness (QED) is 0.0373. The largest absolute Gasteiger partial charge is 0.462 e. The smallest absolute Gasteiger partial charge is 0.306 e. The van der Waals surface area contributed by atoms with Crippen LogP contribution in [0.25, 0.3) is 0 Å². The first-order valence-electron chi connectivity index (χ1n) is 32.7. The van der Waals surface area contributed by atoms with Crippen LogP contribution in [-0.2, 0) is 19.1 Å². The molecule has 1 N–H and O–H groups in total. The fourth-order valence-electron chi connectivity index (χ4n) is 9.05.